The van der Waals surface area contributed by atoms with E-state index in [2.05, 4.69) is 43.9 Å². The molecule has 10 rings (SSSR count). The smallest absolute Gasteiger partial charge is 0.301 e. The summed E-state index contributed by atoms with van der Waals surface area (Å²) in [6, 6.07) is 21.8. The van der Waals surface area contributed by atoms with Crippen LogP contribution in [0.1, 0.15) is 84.8 Å². The highest BCUT2D eigenvalue weighted by Crippen LogP contribution is 2.37. The van der Waals surface area contributed by atoms with Gasteiger partial charge in [-0.25, -0.2) is 13.8 Å². The fourth-order valence-electron chi connectivity index (χ4n) is 10.7. The highest BCUT2D eigenvalue weighted by Gasteiger charge is 2.40. The largest absolute Gasteiger partial charge is 0.453 e. The van der Waals surface area contributed by atoms with Crippen LogP contribution in [0.25, 0.3) is 16.6 Å². The van der Waals surface area contributed by atoms with Gasteiger partial charge < -0.3 is 19.4 Å². The Morgan fingerprint density at radius 2 is 1.68 bits per heavy atom. The van der Waals surface area contributed by atoms with Crippen molar-refractivity contribution in [2.45, 2.75) is 82.6 Å². The zero-order chi connectivity index (χ0) is 48.1. The highest BCUT2D eigenvalue weighted by atomic mass is 32.2. The van der Waals surface area contributed by atoms with Gasteiger partial charge in [-0.2, -0.15) is 18.0 Å². The lowest BCUT2D eigenvalue weighted by Crippen LogP contribution is -2.52. The number of hydrogen-bond acceptors (Lipinski definition) is 11. The van der Waals surface area contributed by atoms with Crippen LogP contribution in [0.4, 0.5) is 20.2 Å². The molecule has 3 amide bonds. The molecule has 2 unspecified atom stereocenters. The van der Waals surface area contributed by atoms with Crippen molar-refractivity contribution in [2.24, 2.45) is 5.92 Å². The number of carbonyl (C=O) groups is 3. The van der Waals surface area contributed by atoms with Gasteiger partial charge in [-0.05, 0) is 142 Å². The minimum Gasteiger partial charge on any atom is -0.453 e. The Bertz CT molecular complexity index is 3080. The number of piperidine rings is 3. The van der Waals surface area contributed by atoms with E-state index in [0.29, 0.717) is 47.6 Å². The van der Waals surface area contributed by atoms with Crippen molar-refractivity contribution in [1.82, 2.24) is 29.0 Å². The molecule has 0 aliphatic carbocycles. The Balaban J connectivity index is 0.746. The van der Waals surface area contributed by atoms with E-state index in [1.54, 1.807) is 4.90 Å². The summed E-state index contributed by atoms with van der Waals surface area (Å²) in [5.74, 6) is -1.35. The SMILES string of the molecule is C[C@H]1CC(CN2CCC(c3ccc4c(c3)CN(C3CCC(=O)NC3=O)C4=O)CC2)CCN1c1ccc(-n2cnc3ccc(Oc4c(F)ccc(NS(=O)(=O)N5CC[C@@H](F)C5)c4C#N)cc3c2=O)cc1. The quantitative estimate of drug-likeness (QED) is 0.145. The van der Waals surface area contributed by atoms with Crippen molar-refractivity contribution < 1.29 is 36.3 Å². The molecule has 4 atom stereocenters. The summed E-state index contributed by atoms with van der Waals surface area (Å²) < 4.78 is 65.3. The zero-order valence-electron chi connectivity index (χ0n) is 37.9. The maximum absolute atomic E-state index is 15.2. The number of fused-ring (bicyclic) bond motifs is 2. The maximum atomic E-state index is 15.2. The first-order chi connectivity index (χ1) is 33.2. The lowest BCUT2D eigenvalue weighted by molar-refractivity contribution is -0.136. The lowest BCUT2D eigenvalue weighted by Gasteiger charge is -2.42. The van der Waals surface area contributed by atoms with Crippen LogP contribution < -0.4 is 25.2 Å². The molecule has 6 heterocycles. The van der Waals surface area contributed by atoms with Crippen molar-refractivity contribution in [2.75, 3.05) is 48.9 Å². The van der Waals surface area contributed by atoms with Gasteiger partial charge in [0.2, 0.25) is 11.8 Å². The number of nitriles is 1. The second kappa shape index (κ2) is 18.6. The van der Waals surface area contributed by atoms with Crippen molar-refractivity contribution in [3.8, 4) is 23.3 Å². The van der Waals surface area contributed by atoms with Crippen LogP contribution in [0.5, 0.6) is 11.5 Å². The number of imide groups is 1. The number of rotatable bonds is 11. The number of benzene rings is 4. The van der Waals surface area contributed by atoms with Crippen molar-refractivity contribution in [1.29, 1.82) is 5.26 Å². The predicted octanol–water partition coefficient (Wildman–Crippen LogP) is 6.13. The van der Waals surface area contributed by atoms with E-state index in [4.69, 9.17) is 4.74 Å². The van der Waals surface area contributed by atoms with Crippen molar-refractivity contribution in [3.05, 3.63) is 118 Å². The first kappa shape index (κ1) is 46.0. The molecule has 5 aromatic rings. The Morgan fingerprint density at radius 3 is 2.41 bits per heavy atom. The van der Waals surface area contributed by atoms with Gasteiger partial charge in [0.25, 0.3) is 11.5 Å². The van der Waals surface area contributed by atoms with Gasteiger partial charge in [-0.15, -0.1) is 0 Å². The Hall–Kier alpha value is -6.75. The van der Waals surface area contributed by atoms with Gasteiger partial charge in [-0.3, -0.25) is 33.8 Å². The van der Waals surface area contributed by atoms with Gasteiger partial charge in [0, 0.05) is 56.4 Å². The summed E-state index contributed by atoms with van der Waals surface area (Å²) in [6.45, 7) is 6.20. The number of carbonyl (C=O) groups excluding carboxylic acids is 3. The highest BCUT2D eigenvalue weighted by molar-refractivity contribution is 7.90. The molecule has 2 N–H and O–H groups in total. The monoisotopic (exact) mass is 959 g/mol. The molecule has 1 aromatic heterocycles. The summed E-state index contributed by atoms with van der Waals surface area (Å²) in [5.41, 5.74) is 3.75. The number of alkyl halides is 1. The summed E-state index contributed by atoms with van der Waals surface area (Å²) >= 11 is 0. The van der Waals surface area contributed by atoms with Gasteiger partial charge in [-0.1, -0.05) is 12.1 Å². The second-order valence-electron chi connectivity index (χ2n) is 18.8. The van der Waals surface area contributed by atoms with Crippen LogP contribution in [0, 0.1) is 23.1 Å². The standard InChI is InChI=1S/C50H51F2N9O7S/c1-30-22-31(26-57-18-15-32(16-19-57)33-2-8-39-34(23-33)27-60(49(39)64)45-12-13-46(62)55-48(45)63)14-21-59(30)36-3-5-37(6-4-36)61-29-54-43-10-7-38(24-40(43)50(61)65)68-47-41(25-53)44(11-9-42(47)52)56-69(66,67)58-20-17-35(51)28-58/h2-11,23-24,29-32,35,45,56H,12-22,26-28H2,1H3,(H,55,62,63)/t30-,31?,35+,45?/m0/s1. The van der Waals surface area contributed by atoms with Crippen molar-refractivity contribution >= 4 is 50.2 Å². The molecule has 0 radical (unpaired) electrons. The van der Waals surface area contributed by atoms with E-state index in [9.17, 15) is 37.2 Å². The third kappa shape index (κ3) is 9.16. The molecular weight excluding hydrogens is 909 g/mol. The van der Waals surface area contributed by atoms with Crippen LogP contribution in [-0.2, 0) is 26.3 Å². The Labute approximate surface area is 397 Å². The molecule has 16 nitrogen and oxygen atoms in total. The number of nitrogens with zero attached hydrogens (tertiary/aromatic N) is 7. The molecule has 4 saturated heterocycles. The number of likely N-dealkylation sites (tertiary alicyclic amines) is 1. The molecule has 4 aromatic carbocycles. The van der Waals surface area contributed by atoms with E-state index in [0.717, 1.165) is 79.6 Å². The average molecular weight is 960 g/mol. The van der Waals surface area contributed by atoms with Crippen LogP contribution in [0.2, 0.25) is 0 Å². The van der Waals surface area contributed by atoms with Crippen LogP contribution in [0.15, 0.2) is 83.9 Å². The third-order valence-corrected chi connectivity index (χ3v) is 15.9. The number of nitrogens with one attached hydrogen (secondary N) is 2. The second-order valence-corrected chi connectivity index (χ2v) is 20.5. The normalized spacial score (nSPS) is 22.7. The van der Waals surface area contributed by atoms with Crippen LogP contribution in [-0.4, -0.2) is 107 Å². The minimum atomic E-state index is -4.24. The lowest BCUT2D eigenvalue weighted by atomic mass is 9.86. The van der Waals surface area contributed by atoms with Crippen molar-refractivity contribution in [3.63, 3.8) is 0 Å². The number of halogens is 2. The van der Waals surface area contributed by atoms with Gasteiger partial charge in [0.1, 0.15) is 35.9 Å². The Kier molecular flexibility index (Phi) is 12.4. The molecule has 69 heavy (non-hydrogen) atoms. The average Bonchev–Trinajstić information content (AvgIpc) is 3.93. The first-order valence-electron chi connectivity index (χ1n) is 23.4. The number of hydrogen-bond donors (Lipinski definition) is 2. The zero-order valence-corrected chi connectivity index (χ0v) is 38.8. The third-order valence-electron chi connectivity index (χ3n) is 14.4. The van der Waals surface area contributed by atoms with Gasteiger partial charge in [0.05, 0.1) is 22.3 Å². The molecule has 5 aliphatic rings. The molecule has 5 aliphatic heterocycles. The molecule has 0 saturated carbocycles. The maximum Gasteiger partial charge on any atom is 0.301 e. The fraction of sp³-hybridized carbons (Fsp3) is 0.400. The Morgan fingerprint density at radius 1 is 0.899 bits per heavy atom. The molecule has 0 bridgehead atoms. The molecule has 0 spiro atoms. The molecule has 4 fully saturated rings. The van der Waals surface area contributed by atoms with Crippen LogP contribution >= 0.6 is 0 Å². The minimum absolute atomic E-state index is 0.0176. The molecule has 358 valence electrons. The van der Waals surface area contributed by atoms with E-state index in [-0.39, 0.29) is 54.6 Å². The summed E-state index contributed by atoms with van der Waals surface area (Å²) in [5, 5.41) is 12.5. The summed E-state index contributed by atoms with van der Waals surface area (Å²) in [6.07, 6.45) is 4.91. The van der Waals surface area contributed by atoms with E-state index in [1.165, 1.54) is 34.7 Å². The fourth-order valence-corrected chi connectivity index (χ4v) is 12.0. The number of aromatic nitrogens is 2. The van der Waals surface area contributed by atoms with Crippen LogP contribution in [0.3, 0.4) is 0 Å². The first-order valence-corrected chi connectivity index (χ1v) is 24.9. The van der Waals surface area contributed by atoms with E-state index in [1.807, 2.05) is 36.4 Å². The van der Waals surface area contributed by atoms with E-state index < -0.39 is 51.0 Å². The summed E-state index contributed by atoms with van der Waals surface area (Å²) in [7, 11) is -4.24. The van der Waals surface area contributed by atoms with Gasteiger partial charge in [0.15, 0.2) is 11.6 Å². The number of anilines is 2. The van der Waals surface area contributed by atoms with Gasteiger partial charge >= 0.3 is 10.2 Å². The number of ether oxygens (including phenoxy) is 1. The molecule has 19 heteroatoms. The number of amides is 3. The molecular formula is C50H51F2N9O7S. The predicted molar refractivity (Wildman–Crippen MR) is 253 cm³/mol. The topological polar surface area (TPSA) is 190 Å². The van der Waals surface area contributed by atoms with E-state index >= 15 is 4.39 Å². The summed E-state index contributed by atoms with van der Waals surface area (Å²) in [4.78, 5) is 62.4.